The van der Waals surface area contributed by atoms with Gasteiger partial charge < -0.3 is 19.9 Å². The average molecular weight is 556 g/mol. The molecule has 0 radical (unpaired) electrons. The number of piperazine rings is 1. The maximum absolute atomic E-state index is 12.5. The largest absolute Gasteiger partial charge is 0.378 e. The minimum absolute atomic E-state index is 0. The van der Waals surface area contributed by atoms with Crippen molar-refractivity contribution in [1.29, 1.82) is 0 Å². The van der Waals surface area contributed by atoms with Crippen LogP contribution in [0.4, 0.5) is 0 Å². The van der Waals surface area contributed by atoms with Crippen LogP contribution in [-0.4, -0.2) is 98.7 Å². The topological polar surface area (TPSA) is 60.4 Å². The Morgan fingerprint density at radius 1 is 1.06 bits per heavy atom. The molecule has 8 heteroatoms. The lowest BCUT2D eigenvalue weighted by Gasteiger charge is -2.37. The van der Waals surface area contributed by atoms with E-state index in [1.54, 1.807) is 0 Å². The molecule has 1 amide bonds. The van der Waals surface area contributed by atoms with Gasteiger partial charge in [0.2, 0.25) is 5.91 Å². The van der Waals surface area contributed by atoms with Crippen LogP contribution in [0.1, 0.15) is 43.2 Å². The van der Waals surface area contributed by atoms with E-state index in [0.29, 0.717) is 37.6 Å². The highest BCUT2D eigenvalue weighted by Gasteiger charge is 2.39. The van der Waals surface area contributed by atoms with Gasteiger partial charge in [-0.3, -0.25) is 14.7 Å². The summed E-state index contributed by atoms with van der Waals surface area (Å²) in [7, 11) is 1.87. The molecule has 1 aromatic carbocycles. The molecule has 32 heavy (non-hydrogen) atoms. The Morgan fingerprint density at radius 2 is 1.72 bits per heavy atom. The second-order valence-electron chi connectivity index (χ2n) is 9.22. The van der Waals surface area contributed by atoms with E-state index in [0.717, 1.165) is 51.6 Å². The Morgan fingerprint density at radius 3 is 2.31 bits per heavy atom. The summed E-state index contributed by atoms with van der Waals surface area (Å²) < 4.78 is 5.35. The van der Waals surface area contributed by atoms with Crippen molar-refractivity contribution in [2.45, 2.75) is 38.1 Å². The summed E-state index contributed by atoms with van der Waals surface area (Å²) in [4.78, 5) is 23.6. The molecule has 4 rings (SSSR count). The molecule has 2 heterocycles. The maximum atomic E-state index is 12.5. The van der Waals surface area contributed by atoms with Crippen LogP contribution < -0.4 is 5.32 Å². The molecule has 178 valence electrons. The van der Waals surface area contributed by atoms with E-state index >= 15 is 0 Å². The van der Waals surface area contributed by atoms with E-state index in [2.05, 4.69) is 58.2 Å². The zero-order chi connectivity index (χ0) is 21.8. The highest BCUT2D eigenvalue weighted by molar-refractivity contribution is 14.0. The van der Waals surface area contributed by atoms with E-state index in [1.165, 1.54) is 11.1 Å². The number of amides is 1. The fourth-order valence-electron chi connectivity index (χ4n) is 4.54. The van der Waals surface area contributed by atoms with Crippen LogP contribution in [0.25, 0.3) is 0 Å². The molecule has 2 saturated heterocycles. The molecule has 0 spiro atoms. The smallest absolute Gasteiger partial charge is 0.236 e. The van der Waals surface area contributed by atoms with Crippen LogP contribution in [0.3, 0.4) is 0 Å². The number of rotatable bonds is 5. The molecule has 1 aliphatic carbocycles. The van der Waals surface area contributed by atoms with Gasteiger partial charge in [0.15, 0.2) is 5.96 Å². The van der Waals surface area contributed by atoms with Crippen molar-refractivity contribution in [3.63, 3.8) is 0 Å². The maximum Gasteiger partial charge on any atom is 0.236 e. The second kappa shape index (κ2) is 11.7. The van der Waals surface area contributed by atoms with Gasteiger partial charge >= 0.3 is 0 Å². The molecular formula is C24H38IN5O2. The van der Waals surface area contributed by atoms with Crippen LogP contribution in [0, 0.1) is 0 Å². The predicted molar refractivity (Wildman–Crippen MR) is 139 cm³/mol. The molecule has 2 atom stereocenters. The zero-order valence-electron chi connectivity index (χ0n) is 19.6. The molecule has 3 fully saturated rings. The summed E-state index contributed by atoms with van der Waals surface area (Å²) in [6.07, 6.45) is 1.16. The van der Waals surface area contributed by atoms with Crippen molar-refractivity contribution >= 4 is 35.8 Å². The van der Waals surface area contributed by atoms with Crippen molar-refractivity contribution in [3.05, 3.63) is 35.4 Å². The summed E-state index contributed by atoms with van der Waals surface area (Å²) in [6.45, 7) is 11.3. The third-order valence-electron chi connectivity index (χ3n) is 6.74. The lowest BCUT2D eigenvalue weighted by atomic mass is 10.0. The number of carbonyl (C=O) groups excluding carboxylic acids is 1. The number of hydrogen-bond acceptors (Lipinski definition) is 4. The number of nitrogens with one attached hydrogen (secondary N) is 1. The lowest BCUT2D eigenvalue weighted by Crippen LogP contribution is -2.55. The SMILES string of the molecule is CN=C(NC1CC1c1ccc(C(C)C)cc1)N1CCN(CC(=O)N2CCOCC2)CC1.I. The van der Waals surface area contributed by atoms with Crippen LogP contribution in [0.5, 0.6) is 0 Å². The summed E-state index contributed by atoms with van der Waals surface area (Å²) in [5, 5.41) is 3.67. The fourth-order valence-corrected chi connectivity index (χ4v) is 4.54. The van der Waals surface area contributed by atoms with Crippen LogP contribution in [0.15, 0.2) is 29.3 Å². The first-order chi connectivity index (χ1) is 15.0. The Balaban J connectivity index is 0.00000289. The number of ether oxygens (including phenoxy) is 1. The predicted octanol–water partition coefficient (Wildman–Crippen LogP) is 2.34. The van der Waals surface area contributed by atoms with Gasteiger partial charge in [-0.2, -0.15) is 0 Å². The van der Waals surface area contributed by atoms with Crippen LogP contribution >= 0.6 is 24.0 Å². The number of carbonyl (C=O) groups is 1. The molecular weight excluding hydrogens is 517 g/mol. The quantitative estimate of drug-likeness (QED) is 0.344. The Hall–Kier alpha value is -1.39. The highest BCUT2D eigenvalue weighted by Crippen LogP contribution is 2.41. The molecule has 2 unspecified atom stereocenters. The van der Waals surface area contributed by atoms with Crippen molar-refractivity contribution in [2.24, 2.45) is 4.99 Å². The van der Waals surface area contributed by atoms with Gasteiger partial charge in [0.25, 0.3) is 0 Å². The van der Waals surface area contributed by atoms with Crippen molar-refractivity contribution < 1.29 is 9.53 Å². The molecule has 7 nitrogen and oxygen atoms in total. The van der Waals surface area contributed by atoms with Gasteiger partial charge in [0.05, 0.1) is 19.8 Å². The van der Waals surface area contributed by atoms with E-state index < -0.39 is 0 Å². The number of hydrogen-bond donors (Lipinski definition) is 1. The summed E-state index contributed by atoms with van der Waals surface area (Å²) in [5.41, 5.74) is 2.82. The van der Waals surface area contributed by atoms with Crippen molar-refractivity contribution in [2.75, 3.05) is 66.1 Å². The molecule has 1 N–H and O–H groups in total. The Bertz CT molecular complexity index is 771. The average Bonchev–Trinajstić information content (AvgIpc) is 3.58. The minimum atomic E-state index is 0. The van der Waals surface area contributed by atoms with Gasteiger partial charge in [0.1, 0.15) is 0 Å². The highest BCUT2D eigenvalue weighted by atomic mass is 127. The van der Waals surface area contributed by atoms with Gasteiger partial charge in [-0.05, 0) is 23.5 Å². The third kappa shape index (κ3) is 6.35. The number of morpholine rings is 1. The normalized spacial score (nSPS) is 24.3. The number of benzene rings is 1. The standard InChI is InChI=1S/C24H37N5O2.HI/c1-18(2)19-4-6-20(7-5-19)21-16-22(21)26-24(25-3)29-10-8-27(9-11-29)17-23(30)28-12-14-31-15-13-28;/h4-7,18,21-22H,8-17H2,1-3H3,(H,25,26);1H. The van der Waals surface area contributed by atoms with Crippen molar-refractivity contribution in [1.82, 2.24) is 20.0 Å². The molecule has 0 aromatic heterocycles. The third-order valence-corrected chi connectivity index (χ3v) is 6.74. The van der Waals surface area contributed by atoms with Crippen LogP contribution in [-0.2, 0) is 9.53 Å². The van der Waals surface area contributed by atoms with E-state index in [4.69, 9.17) is 4.74 Å². The summed E-state index contributed by atoms with van der Waals surface area (Å²) in [6, 6.07) is 9.57. The monoisotopic (exact) mass is 555 g/mol. The van der Waals surface area contributed by atoms with E-state index in [9.17, 15) is 4.79 Å². The van der Waals surface area contributed by atoms with Gasteiger partial charge in [0, 0.05) is 58.3 Å². The molecule has 2 aliphatic heterocycles. The number of nitrogens with zero attached hydrogens (tertiary/aromatic N) is 4. The van der Waals surface area contributed by atoms with Gasteiger partial charge in [-0.1, -0.05) is 38.1 Å². The zero-order valence-corrected chi connectivity index (χ0v) is 22.0. The van der Waals surface area contributed by atoms with E-state index in [1.807, 2.05) is 11.9 Å². The first kappa shape index (κ1) is 25.2. The minimum Gasteiger partial charge on any atom is -0.378 e. The summed E-state index contributed by atoms with van der Waals surface area (Å²) >= 11 is 0. The Labute approximate surface area is 209 Å². The van der Waals surface area contributed by atoms with Gasteiger partial charge in [-0.25, -0.2) is 0 Å². The molecule has 1 aromatic rings. The Kier molecular flexibility index (Phi) is 9.19. The molecule has 1 saturated carbocycles. The number of guanidine groups is 1. The number of halogens is 1. The first-order valence-electron chi connectivity index (χ1n) is 11.7. The molecule has 0 bridgehead atoms. The molecule has 3 aliphatic rings. The fraction of sp³-hybridized carbons (Fsp3) is 0.667. The lowest BCUT2D eigenvalue weighted by molar-refractivity contribution is -0.136. The second-order valence-corrected chi connectivity index (χ2v) is 9.22. The van der Waals surface area contributed by atoms with Crippen molar-refractivity contribution in [3.8, 4) is 0 Å². The first-order valence-corrected chi connectivity index (χ1v) is 11.7. The van der Waals surface area contributed by atoms with Crippen LogP contribution in [0.2, 0.25) is 0 Å². The van der Waals surface area contributed by atoms with Gasteiger partial charge in [-0.15, -0.1) is 24.0 Å². The number of aliphatic imine (C=N–C) groups is 1. The summed E-state index contributed by atoms with van der Waals surface area (Å²) in [5.74, 6) is 2.36. The van der Waals surface area contributed by atoms with E-state index in [-0.39, 0.29) is 29.9 Å².